The molecular weight excluding hydrogens is 341 g/mol. The molecule has 3 nitrogen and oxygen atoms in total. The monoisotopic (exact) mass is 362 g/mol. The molecule has 1 aliphatic rings. The summed E-state index contributed by atoms with van der Waals surface area (Å²) in [5, 5.41) is 2.88. The SMILES string of the molecule is O=C(NCCc1ccc(C(F)(F)F)cc1)N(Cc1ccccc1)C1CC1. The number of hydrogen-bond acceptors (Lipinski definition) is 1. The fraction of sp³-hybridized carbons (Fsp3) is 0.350. The van der Waals surface area contributed by atoms with E-state index in [1.165, 1.54) is 12.1 Å². The van der Waals surface area contributed by atoms with Crippen LogP contribution in [0.3, 0.4) is 0 Å². The number of alkyl halides is 3. The average molecular weight is 362 g/mol. The largest absolute Gasteiger partial charge is 0.416 e. The predicted molar refractivity (Wildman–Crippen MR) is 93.6 cm³/mol. The number of halogens is 3. The lowest BCUT2D eigenvalue weighted by molar-refractivity contribution is -0.137. The van der Waals surface area contributed by atoms with E-state index in [1.807, 2.05) is 35.2 Å². The van der Waals surface area contributed by atoms with Gasteiger partial charge in [-0.05, 0) is 42.5 Å². The summed E-state index contributed by atoms with van der Waals surface area (Å²) in [6, 6.07) is 15.0. The second kappa shape index (κ2) is 7.81. The second-order valence-corrected chi connectivity index (χ2v) is 6.52. The summed E-state index contributed by atoms with van der Waals surface area (Å²) >= 11 is 0. The zero-order chi connectivity index (χ0) is 18.6. The van der Waals surface area contributed by atoms with E-state index in [1.54, 1.807) is 0 Å². The van der Waals surface area contributed by atoms with Gasteiger partial charge in [-0.1, -0.05) is 42.5 Å². The summed E-state index contributed by atoms with van der Waals surface area (Å²) in [5.74, 6) is 0. The first kappa shape index (κ1) is 18.3. The fourth-order valence-electron chi connectivity index (χ4n) is 2.81. The topological polar surface area (TPSA) is 32.3 Å². The molecule has 2 aromatic rings. The standard InChI is InChI=1S/C20H21F3N2O/c21-20(22,23)17-8-6-15(7-9-17)12-13-24-19(26)25(18-10-11-18)14-16-4-2-1-3-5-16/h1-9,18H,10-14H2,(H,24,26). The van der Waals surface area contributed by atoms with Crippen molar-refractivity contribution in [2.45, 2.75) is 38.0 Å². The molecular formula is C20H21F3N2O. The molecule has 0 radical (unpaired) electrons. The molecule has 26 heavy (non-hydrogen) atoms. The van der Waals surface area contributed by atoms with Gasteiger partial charge in [-0.15, -0.1) is 0 Å². The highest BCUT2D eigenvalue weighted by Gasteiger charge is 2.32. The Labute approximate surface area is 150 Å². The molecule has 0 saturated heterocycles. The Morgan fingerprint density at radius 1 is 1.00 bits per heavy atom. The van der Waals surface area contributed by atoms with Gasteiger partial charge in [0.15, 0.2) is 0 Å². The molecule has 0 spiro atoms. The van der Waals surface area contributed by atoms with E-state index in [-0.39, 0.29) is 12.1 Å². The fourth-order valence-corrected chi connectivity index (χ4v) is 2.81. The first-order chi connectivity index (χ1) is 12.4. The van der Waals surface area contributed by atoms with Gasteiger partial charge in [0.1, 0.15) is 0 Å². The van der Waals surface area contributed by atoms with Gasteiger partial charge in [-0.25, -0.2) is 4.79 Å². The Balaban J connectivity index is 1.51. The van der Waals surface area contributed by atoms with E-state index in [0.717, 1.165) is 36.1 Å². The number of urea groups is 1. The van der Waals surface area contributed by atoms with E-state index in [9.17, 15) is 18.0 Å². The van der Waals surface area contributed by atoms with Crippen LogP contribution in [-0.2, 0) is 19.1 Å². The van der Waals surface area contributed by atoms with Crippen LogP contribution in [0.2, 0.25) is 0 Å². The van der Waals surface area contributed by atoms with Gasteiger partial charge in [0.2, 0.25) is 0 Å². The van der Waals surface area contributed by atoms with Crippen LogP contribution >= 0.6 is 0 Å². The van der Waals surface area contributed by atoms with E-state index >= 15 is 0 Å². The minimum absolute atomic E-state index is 0.122. The van der Waals surface area contributed by atoms with Crippen molar-refractivity contribution in [3.8, 4) is 0 Å². The first-order valence-electron chi connectivity index (χ1n) is 8.68. The van der Waals surface area contributed by atoms with Crippen molar-refractivity contribution in [2.24, 2.45) is 0 Å². The molecule has 2 aromatic carbocycles. The third-order valence-electron chi connectivity index (χ3n) is 4.42. The summed E-state index contributed by atoms with van der Waals surface area (Å²) in [4.78, 5) is 14.3. The maximum atomic E-state index is 12.6. The molecule has 0 heterocycles. The van der Waals surface area contributed by atoms with E-state index < -0.39 is 11.7 Å². The quantitative estimate of drug-likeness (QED) is 0.799. The van der Waals surface area contributed by atoms with E-state index in [0.29, 0.717) is 19.5 Å². The molecule has 0 aromatic heterocycles. The van der Waals surface area contributed by atoms with Gasteiger partial charge in [-0.2, -0.15) is 13.2 Å². The number of nitrogens with one attached hydrogen (secondary N) is 1. The molecule has 1 fully saturated rings. The third kappa shape index (κ3) is 5.00. The molecule has 0 aliphatic heterocycles. The van der Waals surface area contributed by atoms with E-state index in [4.69, 9.17) is 0 Å². The summed E-state index contributed by atoms with van der Waals surface area (Å²) in [6.07, 6.45) is -1.80. The van der Waals surface area contributed by atoms with Crippen LogP contribution in [0.4, 0.5) is 18.0 Å². The molecule has 0 unspecified atom stereocenters. The molecule has 0 bridgehead atoms. The lowest BCUT2D eigenvalue weighted by Gasteiger charge is -2.23. The van der Waals surface area contributed by atoms with Crippen molar-refractivity contribution in [2.75, 3.05) is 6.54 Å². The minimum Gasteiger partial charge on any atom is -0.338 e. The summed E-state index contributed by atoms with van der Waals surface area (Å²) in [6.45, 7) is 0.958. The number of amides is 2. The average Bonchev–Trinajstić information content (AvgIpc) is 3.45. The van der Waals surface area contributed by atoms with Crippen molar-refractivity contribution in [3.63, 3.8) is 0 Å². The van der Waals surface area contributed by atoms with E-state index in [2.05, 4.69) is 5.32 Å². The summed E-state index contributed by atoms with van der Waals surface area (Å²) in [5.41, 5.74) is 1.18. The van der Waals surface area contributed by atoms with Crippen LogP contribution in [-0.4, -0.2) is 23.5 Å². The zero-order valence-corrected chi connectivity index (χ0v) is 14.3. The molecule has 138 valence electrons. The smallest absolute Gasteiger partial charge is 0.338 e. The van der Waals surface area contributed by atoms with Crippen molar-refractivity contribution in [3.05, 3.63) is 71.3 Å². The molecule has 1 aliphatic carbocycles. The molecule has 3 rings (SSSR count). The van der Waals surface area contributed by atoms with Gasteiger partial charge in [0.25, 0.3) is 0 Å². The van der Waals surface area contributed by atoms with Gasteiger partial charge in [0.05, 0.1) is 5.56 Å². The molecule has 1 N–H and O–H groups in total. The van der Waals surface area contributed by atoms with Crippen LogP contribution in [0.5, 0.6) is 0 Å². The number of benzene rings is 2. The summed E-state index contributed by atoms with van der Waals surface area (Å²) < 4.78 is 37.7. The maximum Gasteiger partial charge on any atom is 0.416 e. The van der Waals surface area contributed by atoms with Crippen LogP contribution in [0.1, 0.15) is 29.5 Å². The summed E-state index contributed by atoms with van der Waals surface area (Å²) in [7, 11) is 0. The zero-order valence-electron chi connectivity index (χ0n) is 14.3. The van der Waals surface area contributed by atoms with Crippen LogP contribution < -0.4 is 5.32 Å². The van der Waals surface area contributed by atoms with Gasteiger partial charge < -0.3 is 10.2 Å². The lowest BCUT2D eigenvalue weighted by Crippen LogP contribution is -2.41. The lowest BCUT2D eigenvalue weighted by atomic mass is 10.1. The number of rotatable bonds is 6. The van der Waals surface area contributed by atoms with Gasteiger partial charge in [-0.3, -0.25) is 0 Å². The Bertz CT molecular complexity index is 725. The van der Waals surface area contributed by atoms with Crippen molar-refractivity contribution < 1.29 is 18.0 Å². The Kier molecular flexibility index (Phi) is 5.49. The van der Waals surface area contributed by atoms with Crippen molar-refractivity contribution in [1.82, 2.24) is 10.2 Å². The van der Waals surface area contributed by atoms with Gasteiger partial charge >= 0.3 is 12.2 Å². The Morgan fingerprint density at radius 3 is 2.23 bits per heavy atom. The number of hydrogen-bond donors (Lipinski definition) is 1. The Morgan fingerprint density at radius 2 is 1.65 bits per heavy atom. The van der Waals surface area contributed by atoms with Gasteiger partial charge in [0, 0.05) is 19.1 Å². The van der Waals surface area contributed by atoms with Crippen LogP contribution in [0.15, 0.2) is 54.6 Å². The highest BCUT2D eigenvalue weighted by Crippen LogP contribution is 2.29. The number of carbonyl (C=O) groups is 1. The molecule has 0 atom stereocenters. The third-order valence-corrected chi connectivity index (χ3v) is 4.42. The molecule has 2 amide bonds. The van der Waals surface area contributed by atoms with Crippen molar-refractivity contribution >= 4 is 6.03 Å². The minimum atomic E-state index is -4.32. The van der Waals surface area contributed by atoms with Crippen LogP contribution in [0.25, 0.3) is 0 Å². The molecule has 1 saturated carbocycles. The number of nitrogens with zero attached hydrogens (tertiary/aromatic N) is 1. The first-order valence-corrected chi connectivity index (χ1v) is 8.68. The Hall–Kier alpha value is -2.50. The maximum absolute atomic E-state index is 12.6. The van der Waals surface area contributed by atoms with Crippen molar-refractivity contribution in [1.29, 1.82) is 0 Å². The van der Waals surface area contributed by atoms with Crippen LogP contribution in [0, 0.1) is 0 Å². The number of carbonyl (C=O) groups excluding carboxylic acids is 1. The molecule has 6 heteroatoms. The predicted octanol–water partition coefficient (Wildman–Crippen LogP) is 4.62. The normalized spacial score (nSPS) is 14.1. The second-order valence-electron chi connectivity index (χ2n) is 6.52. The highest BCUT2D eigenvalue weighted by atomic mass is 19.4. The highest BCUT2D eigenvalue weighted by molar-refractivity contribution is 5.75.